The highest BCUT2D eigenvalue weighted by Crippen LogP contribution is 2.38. The molecule has 2 N–H and O–H groups in total. The predicted molar refractivity (Wildman–Crippen MR) is 96.9 cm³/mol. The molecular formula is C17H16ClN5O3. The molecule has 0 saturated carbocycles. The lowest BCUT2D eigenvalue weighted by atomic mass is 10.1. The Balaban J connectivity index is 2.06. The Morgan fingerprint density at radius 3 is 2.73 bits per heavy atom. The molecule has 0 radical (unpaired) electrons. The minimum Gasteiger partial charge on any atom is -0.494 e. The Bertz CT molecular complexity index is 957. The number of benzene rings is 1. The van der Waals surface area contributed by atoms with Crippen LogP contribution in [0.3, 0.4) is 0 Å². The molecule has 0 unspecified atom stereocenters. The van der Waals surface area contributed by atoms with Crippen molar-refractivity contribution in [2.24, 2.45) is 0 Å². The standard InChI is InChI=1S/C17H16ClN5O3/c1-9-22-23-17(26-9)10-5-4-6-12(15(10)25-3)21-13-7-14(18)20-8-11(13)16(24)19-2/h4-8H,1-3H3,(H,19,24)(H,20,21). The fourth-order valence-corrected chi connectivity index (χ4v) is 2.58. The van der Waals surface area contributed by atoms with Crippen molar-refractivity contribution in [2.75, 3.05) is 19.5 Å². The van der Waals surface area contributed by atoms with Crippen LogP contribution in [0.5, 0.6) is 5.75 Å². The number of rotatable bonds is 5. The van der Waals surface area contributed by atoms with Gasteiger partial charge in [0.25, 0.3) is 11.8 Å². The number of nitrogens with zero attached hydrogens (tertiary/aromatic N) is 3. The van der Waals surface area contributed by atoms with Gasteiger partial charge in [-0.25, -0.2) is 4.98 Å². The van der Waals surface area contributed by atoms with E-state index in [4.69, 9.17) is 20.8 Å². The summed E-state index contributed by atoms with van der Waals surface area (Å²) < 4.78 is 11.0. The second kappa shape index (κ2) is 7.40. The van der Waals surface area contributed by atoms with Crippen molar-refractivity contribution in [3.63, 3.8) is 0 Å². The van der Waals surface area contributed by atoms with Crippen LogP contribution in [0.1, 0.15) is 16.2 Å². The summed E-state index contributed by atoms with van der Waals surface area (Å²) in [5.41, 5.74) is 2.06. The maximum atomic E-state index is 12.1. The summed E-state index contributed by atoms with van der Waals surface area (Å²) in [6, 6.07) is 6.97. The van der Waals surface area contributed by atoms with Crippen LogP contribution in [0, 0.1) is 6.92 Å². The van der Waals surface area contributed by atoms with Gasteiger partial charge in [0.05, 0.1) is 29.6 Å². The zero-order chi connectivity index (χ0) is 18.7. The Kier molecular flexibility index (Phi) is 5.04. The number of aromatic nitrogens is 3. The fourth-order valence-electron chi connectivity index (χ4n) is 2.42. The minimum absolute atomic E-state index is 0.253. The summed E-state index contributed by atoms with van der Waals surface area (Å²) in [4.78, 5) is 16.0. The molecule has 3 aromatic rings. The smallest absolute Gasteiger partial charge is 0.254 e. The van der Waals surface area contributed by atoms with E-state index in [2.05, 4.69) is 25.8 Å². The van der Waals surface area contributed by atoms with Gasteiger partial charge < -0.3 is 19.8 Å². The Morgan fingerprint density at radius 2 is 2.08 bits per heavy atom. The first-order chi connectivity index (χ1) is 12.5. The summed E-state index contributed by atoms with van der Waals surface area (Å²) in [5.74, 6) is 0.983. The molecule has 0 atom stereocenters. The molecule has 0 spiro atoms. The number of para-hydroxylation sites is 1. The van der Waals surface area contributed by atoms with E-state index < -0.39 is 0 Å². The van der Waals surface area contributed by atoms with Gasteiger partial charge in [-0.05, 0) is 18.2 Å². The number of aryl methyl sites for hydroxylation is 1. The predicted octanol–water partition coefficient (Wildman–Crippen LogP) is 3.21. The number of carbonyl (C=O) groups excluding carboxylic acids is 1. The average Bonchev–Trinajstić information content (AvgIpc) is 3.07. The third-order valence-corrected chi connectivity index (χ3v) is 3.79. The van der Waals surface area contributed by atoms with E-state index in [0.717, 1.165) is 0 Å². The van der Waals surface area contributed by atoms with E-state index in [9.17, 15) is 4.79 Å². The summed E-state index contributed by atoms with van der Waals surface area (Å²) in [6.07, 6.45) is 1.40. The van der Waals surface area contributed by atoms with Crippen LogP contribution in [0.25, 0.3) is 11.5 Å². The molecule has 0 fully saturated rings. The van der Waals surface area contributed by atoms with Gasteiger partial charge in [-0.1, -0.05) is 17.7 Å². The van der Waals surface area contributed by atoms with Crippen molar-refractivity contribution in [2.45, 2.75) is 6.92 Å². The fraction of sp³-hybridized carbons (Fsp3) is 0.176. The Hall–Kier alpha value is -3.13. The van der Waals surface area contributed by atoms with E-state index >= 15 is 0 Å². The van der Waals surface area contributed by atoms with Gasteiger partial charge in [0.1, 0.15) is 5.15 Å². The van der Waals surface area contributed by atoms with E-state index in [1.807, 2.05) is 6.07 Å². The van der Waals surface area contributed by atoms with Gasteiger partial charge in [0.2, 0.25) is 5.89 Å². The molecular weight excluding hydrogens is 358 g/mol. The maximum absolute atomic E-state index is 12.1. The summed E-state index contributed by atoms with van der Waals surface area (Å²) in [5, 5.41) is 13.9. The summed E-state index contributed by atoms with van der Waals surface area (Å²) in [6.45, 7) is 1.71. The molecule has 2 heterocycles. The van der Waals surface area contributed by atoms with E-state index in [1.54, 1.807) is 32.2 Å². The zero-order valence-corrected chi connectivity index (χ0v) is 15.1. The second-order valence-electron chi connectivity index (χ2n) is 5.27. The first-order valence-corrected chi connectivity index (χ1v) is 8.03. The van der Waals surface area contributed by atoms with Gasteiger partial charge in [0.15, 0.2) is 5.75 Å². The molecule has 134 valence electrons. The number of carbonyl (C=O) groups is 1. The molecule has 0 aliphatic heterocycles. The lowest BCUT2D eigenvalue weighted by molar-refractivity contribution is 0.0963. The van der Waals surface area contributed by atoms with E-state index in [-0.39, 0.29) is 11.1 Å². The van der Waals surface area contributed by atoms with Gasteiger partial charge >= 0.3 is 0 Å². The molecule has 0 bridgehead atoms. The molecule has 2 aromatic heterocycles. The molecule has 9 heteroatoms. The highest BCUT2D eigenvalue weighted by atomic mass is 35.5. The van der Waals surface area contributed by atoms with Gasteiger partial charge in [0, 0.05) is 20.2 Å². The highest BCUT2D eigenvalue weighted by Gasteiger charge is 2.18. The normalized spacial score (nSPS) is 10.5. The molecule has 8 nitrogen and oxygen atoms in total. The summed E-state index contributed by atoms with van der Waals surface area (Å²) in [7, 11) is 3.08. The van der Waals surface area contributed by atoms with Gasteiger partial charge in [-0.3, -0.25) is 4.79 Å². The zero-order valence-electron chi connectivity index (χ0n) is 14.3. The van der Waals surface area contributed by atoms with Crippen molar-refractivity contribution in [1.29, 1.82) is 0 Å². The quantitative estimate of drug-likeness (QED) is 0.662. The number of nitrogens with one attached hydrogen (secondary N) is 2. The SMILES string of the molecule is CNC(=O)c1cnc(Cl)cc1Nc1cccc(-c2nnc(C)o2)c1OC. The number of anilines is 2. The number of amides is 1. The number of methoxy groups -OCH3 is 1. The Morgan fingerprint density at radius 1 is 1.27 bits per heavy atom. The molecule has 3 rings (SSSR count). The number of ether oxygens (including phenoxy) is 1. The van der Waals surface area contributed by atoms with E-state index in [1.165, 1.54) is 13.3 Å². The second-order valence-corrected chi connectivity index (χ2v) is 5.66. The third-order valence-electron chi connectivity index (χ3n) is 3.59. The van der Waals surface area contributed by atoms with Crippen LogP contribution >= 0.6 is 11.6 Å². The van der Waals surface area contributed by atoms with Gasteiger partial charge in [-0.15, -0.1) is 10.2 Å². The maximum Gasteiger partial charge on any atom is 0.254 e. The van der Waals surface area contributed by atoms with Crippen LogP contribution < -0.4 is 15.4 Å². The molecule has 0 aliphatic rings. The third kappa shape index (κ3) is 3.45. The number of halogens is 1. The molecule has 1 aromatic carbocycles. The lowest BCUT2D eigenvalue weighted by Gasteiger charge is -2.15. The molecule has 0 saturated heterocycles. The van der Waals surface area contributed by atoms with E-state index in [0.29, 0.717) is 40.0 Å². The van der Waals surface area contributed by atoms with Crippen LogP contribution in [0.4, 0.5) is 11.4 Å². The average molecular weight is 374 g/mol. The largest absolute Gasteiger partial charge is 0.494 e. The van der Waals surface area contributed by atoms with Crippen molar-refractivity contribution in [1.82, 2.24) is 20.5 Å². The first-order valence-electron chi connectivity index (χ1n) is 7.65. The molecule has 0 aliphatic carbocycles. The lowest BCUT2D eigenvalue weighted by Crippen LogP contribution is -2.19. The van der Waals surface area contributed by atoms with Crippen molar-refractivity contribution in [3.05, 3.63) is 47.1 Å². The number of hydrogen-bond donors (Lipinski definition) is 2. The van der Waals surface area contributed by atoms with Gasteiger partial charge in [-0.2, -0.15) is 0 Å². The number of hydrogen-bond acceptors (Lipinski definition) is 7. The Labute approximate surface area is 154 Å². The monoisotopic (exact) mass is 373 g/mol. The van der Waals surface area contributed by atoms with Crippen LogP contribution in [-0.2, 0) is 0 Å². The minimum atomic E-state index is -0.292. The van der Waals surface area contributed by atoms with Crippen molar-refractivity contribution in [3.8, 4) is 17.2 Å². The number of pyridine rings is 1. The van der Waals surface area contributed by atoms with Crippen molar-refractivity contribution >= 4 is 28.9 Å². The first kappa shape index (κ1) is 17.7. The highest BCUT2D eigenvalue weighted by molar-refractivity contribution is 6.29. The van der Waals surface area contributed by atoms with Crippen LogP contribution in [-0.4, -0.2) is 35.2 Å². The molecule has 1 amide bonds. The molecule has 26 heavy (non-hydrogen) atoms. The van der Waals surface area contributed by atoms with Crippen LogP contribution in [0.2, 0.25) is 5.15 Å². The summed E-state index contributed by atoms with van der Waals surface area (Å²) >= 11 is 5.99. The van der Waals surface area contributed by atoms with Crippen molar-refractivity contribution < 1.29 is 13.9 Å². The topological polar surface area (TPSA) is 102 Å². The van der Waals surface area contributed by atoms with Crippen LogP contribution in [0.15, 0.2) is 34.9 Å².